The number of hydrogen-bond donors (Lipinski definition) is 5. The van der Waals surface area contributed by atoms with Gasteiger partial charge in [0.2, 0.25) is 65.0 Å². The maximum Gasteiger partial charge on any atom is 0.410 e. The van der Waals surface area contributed by atoms with Crippen molar-refractivity contribution in [3.8, 4) is 0 Å². The number of likely N-dealkylation sites (N-methyl/N-ethyl adjacent to an activating group) is 7. The standard InChI is InChI=1S/C69H121N13O14/c1-25-27-28-44(15)57(83)56-61(87)72-48(26-2)63(89)82-37-47(96-69(95)81-31-29-74(18)30-32-81)36-52(82)66(92)78(22)54(42(11)12)60(86)73-53(41(9)10)67(93)75(19)49(33-38(3)4)59(85)70-45(16)58(84)71-46(17)62(88)76(20)50(34-39(5)6)64(90)77(21)51(35-40(7)8)65(91)79(23)55(43(13)14)68(94)80(56)24/h25,27,38-57,83H,26,28-37H2,1-24H3,(H,70,85)(H,71,84)(H,72,87)(H,73,86)/b27-25+/t44-,45+,46-,47?,48+,49+,50+,51+,52-,53+,54+,55+,56+,57-/m1/s1. The number of fused-ring (bicyclic) bond motifs is 1. The van der Waals surface area contributed by atoms with E-state index in [4.69, 9.17) is 4.74 Å². The Morgan fingerprint density at radius 3 is 1.46 bits per heavy atom. The van der Waals surface area contributed by atoms with Crippen LogP contribution in [0.25, 0.3) is 0 Å². The zero-order valence-electron chi connectivity index (χ0n) is 62.3. The van der Waals surface area contributed by atoms with Crippen LogP contribution in [-0.4, -0.2) is 281 Å². The molecule has 3 aliphatic heterocycles. The van der Waals surface area contributed by atoms with Crippen molar-refractivity contribution < 1.29 is 67.4 Å². The third-order valence-electron chi connectivity index (χ3n) is 19.0. The molecule has 0 spiro atoms. The maximum absolute atomic E-state index is 15.4. The molecular weight excluding hydrogens is 1230 g/mol. The first-order valence-electron chi connectivity index (χ1n) is 34.6. The highest BCUT2D eigenvalue weighted by Crippen LogP contribution is 2.29. The van der Waals surface area contributed by atoms with E-state index in [1.807, 2.05) is 48.6 Å². The maximum atomic E-state index is 15.4. The van der Waals surface area contributed by atoms with Gasteiger partial charge in [-0.15, -0.1) is 0 Å². The summed E-state index contributed by atoms with van der Waals surface area (Å²) in [5, 5.41) is 23.4. The molecule has 96 heavy (non-hydrogen) atoms. The Morgan fingerprint density at radius 2 is 0.969 bits per heavy atom. The van der Waals surface area contributed by atoms with Gasteiger partial charge in [-0.2, -0.15) is 0 Å². The fourth-order valence-electron chi connectivity index (χ4n) is 13.0. The predicted molar refractivity (Wildman–Crippen MR) is 366 cm³/mol. The topological polar surface area (TPSA) is 312 Å². The lowest BCUT2D eigenvalue weighted by Gasteiger charge is -2.41. The van der Waals surface area contributed by atoms with Gasteiger partial charge in [-0.1, -0.05) is 109 Å². The second-order valence-electron chi connectivity index (χ2n) is 29.4. The zero-order valence-corrected chi connectivity index (χ0v) is 62.3. The molecule has 0 aromatic carbocycles. The summed E-state index contributed by atoms with van der Waals surface area (Å²) < 4.78 is 6.07. The van der Waals surface area contributed by atoms with Crippen LogP contribution in [0, 0.1) is 41.4 Å². The van der Waals surface area contributed by atoms with E-state index in [1.165, 1.54) is 90.4 Å². The molecule has 3 fully saturated rings. The molecule has 3 rings (SSSR count). The van der Waals surface area contributed by atoms with E-state index in [1.54, 1.807) is 74.5 Å². The molecule has 546 valence electrons. The number of carbonyl (C=O) groups is 12. The lowest BCUT2D eigenvalue weighted by Crippen LogP contribution is -2.64. The highest BCUT2D eigenvalue weighted by molar-refractivity contribution is 6.00. The lowest BCUT2D eigenvalue weighted by molar-refractivity contribution is -0.157. The van der Waals surface area contributed by atoms with Crippen molar-refractivity contribution in [3.05, 3.63) is 12.2 Å². The van der Waals surface area contributed by atoms with Crippen molar-refractivity contribution >= 4 is 71.1 Å². The summed E-state index contributed by atoms with van der Waals surface area (Å²) in [6.07, 6.45) is 0.683. The van der Waals surface area contributed by atoms with Crippen LogP contribution in [0.5, 0.6) is 0 Å². The first-order chi connectivity index (χ1) is 44.6. The molecule has 0 bridgehead atoms. The molecule has 27 heteroatoms. The summed E-state index contributed by atoms with van der Waals surface area (Å²) >= 11 is 0. The fourth-order valence-corrected chi connectivity index (χ4v) is 13.0. The van der Waals surface area contributed by atoms with Gasteiger partial charge in [-0.05, 0) is 101 Å². The van der Waals surface area contributed by atoms with Gasteiger partial charge < -0.3 is 75.2 Å². The van der Waals surface area contributed by atoms with Gasteiger partial charge in [-0.25, -0.2) is 4.79 Å². The Balaban J connectivity index is 2.40. The van der Waals surface area contributed by atoms with Gasteiger partial charge in [0.15, 0.2) is 0 Å². The number of hydrogen-bond acceptors (Lipinski definition) is 15. The van der Waals surface area contributed by atoms with Crippen LogP contribution in [0.3, 0.4) is 0 Å². The summed E-state index contributed by atoms with van der Waals surface area (Å²) in [5.74, 6) is -10.9. The van der Waals surface area contributed by atoms with Crippen LogP contribution in [-0.2, 0) is 57.5 Å². The summed E-state index contributed by atoms with van der Waals surface area (Å²) in [7, 11) is 10.4. The van der Waals surface area contributed by atoms with Crippen LogP contribution in [0.2, 0.25) is 0 Å². The van der Waals surface area contributed by atoms with Crippen LogP contribution in [0.15, 0.2) is 12.2 Å². The minimum Gasteiger partial charge on any atom is -0.444 e. The Kier molecular flexibility index (Phi) is 32.3. The molecule has 3 aliphatic rings. The number of piperazine rings is 1. The van der Waals surface area contributed by atoms with E-state index in [0.717, 1.165) is 4.90 Å². The average molecular weight is 1360 g/mol. The number of amides is 12. The molecule has 12 amide bonds. The molecule has 0 aliphatic carbocycles. The fraction of sp³-hybridized carbons (Fsp3) is 0.797. The third-order valence-corrected chi connectivity index (χ3v) is 19.0. The highest BCUT2D eigenvalue weighted by Gasteiger charge is 2.50. The molecule has 14 atom stereocenters. The Hall–Kier alpha value is -6.90. The first kappa shape index (κ1) is 83.3. The van der Waals surface area contributed by atoms with Gasteiger partial charge in [0.05, 0.1) is 12.6 Å². The van der Waals surface area contributed by atoms with E-state index < -0.39 is 173 Å². The van der Waals surface area contributed by atoms with Crippen LogP contribution in [0.4, 0.5) is 4.79 Å². The van der Waals surface area contributed by atoms with E-state index >= 15 is 28.8 Å². The van der Waals surface area contributed by atoms with E-state index in [0.29, 0.717) is 26.2 Å². The molecule has 0 saturated carbocycles. The molecule has 3 heterocycles. The van der Waals surface area contributed by atoms with E-state index in [-0.39, 0.29) is 62.8 Å². The van der Waals surface area contributed by atoms with Crippen molar-refractivity contribution in [3.63, 3.8) is 0 Å². The quantitative estimate of drug-likeness (QED) is 0.147. The molecule has 1 unspecified atom stereocenters. The van der Waals surface area contributed by atoms with Gasteiger partial charge in [0, 0.05) is 74.9 Å². The average Bonchev–Trinajstić information content (AvgIpc) is 1.13. The molecule has 0 aromatic heterocycles. The third kappa shape index (κ3) is 21.5. The van der Waals surface area contributed by atoms with Crippen molar-refractivity contribution in [2.45, 2.75) is 235 Å². The molecule has 0 radical (unpaired) electrons. The smallest absolute Gasteiger partial charge is 0.410 e. The second kappa shape index (κ2) is 37.2. The van der Waals surface area contributed by atoms with Gasteiger partial charge >= 0.3 is 6.09 Å². The SMILES string of the molecule is C/C=C/C[C@@H](C)[C@@H](O)[C@H]1C(=O)N[C@@H](CC)C(=O)N2CC(OC(=O)N3CCN(C)CC3)C[C@@H]2C(=O)N(C)[C@@H](C(C)C)C(=O)N[C@@H](C(C)C)C(=O)N(C)[C@@H](CC(C)C)C(=O)N[C@@H](C)C(=O)N[C@H](C)C(=O)N(C)[C@@H](CC(C)C)C(=O)N(C)[C@@H](CC(C)C)C(=O)N(C)[C@@H](C(C)C)C(=O)N1C. The van der Waals surface area contributed by atoms with Crippen LogP contribution in [0.1, 0.15) is 156 Å². The monoisotopic (exact) mass is 1360 g/mol. The molecule has 0 aromatic rings. The number of ether oxygens (including phenoxy) is 1. The van der Waals surface area contributed by atoms with Crippen molar-refractivity contribution in [2.24, 2.45) is 41.4 Å². The lowest BCUT2D eigenvalue weighted by atomic mass is 9.91. The van der Waals surface area contributed by atoms with Crippen molar-refractivity contribution in [1.29, 1.82) is 0 Å². The summed E-state index contributed by atoms with van der Waals surface area (Å²) in [5.41, 5.74) is 0. The van der Waals surface area contributed by atoms with E-state index in [9.17, 15) is 33.9 Å². The minimum atomic E-state index is -1.69. The van der Waals surface area contributed by atoms with Crippen molar-refractivity contribution in [2.75, 3.05) is 82.1 Å². The van der Waals surface area contributed by atoms with Crippen LogP contribution >= 0.6 is 0 Å². The highest BCUT2D eigenvalue weighted by atomic mass is 16.6. The summed E-state index contributed by atoms with van der Waals surface area (Å²) in [6.45, 7) is 31.0. The Morgan fingerprint density at radius 1 is 0.510 bits per heavy atom. The number of aliphatic hydroxyl groups excluding tert-OH is 1. The number of carbonyl (C=O) groups excluding carboxylic acids is 12. The normalized spacial score (nSPS) is 28.4. The number of nitrogens with zero attached hydrogens (tertiary/aromatic N) is 9. The second-order valence-corrected chi connectivity index (χ2v) is 29.4. The Bertz CT molecular complexity index is 2730. The Labute approximate surface area is 572 Å². The van der Waals surface area contributed by atoms with Gasteiger partial charge in [0.1, 0.15) is 72.6 Å². The summed E-state index contributed by atoms with van der Waals surface area (Å²) in [4.78, 5) is 190. The number of aliphatic hydroxyl groups is 1. The van der Waals surface area contributed by atoms with Gasteiger partial charge in [0.25, 0.3) is 0 Å². The summed E-state index contributed by atoms with van der Waals surface area (Å²) in [6, 6.07) is -14.4. The minimum absolute atomic E-state index is 0.0711. The number of nitrogens with one attached hydrogen (secondary N) is 4. The largest absolute Gasteiger partial charge is 0.444 e. The molecular formula is C69H121N13O14. The zero-order chi connectivity index (χ0) is 73.4. The predicted octanol–water partition coefficient (Wildman–Crippen LogP) is 2.77. The molecule has 27 nitrogen and oxygen atoms in total. The van der Waals surface area contributed by atoms with Crippen LogP contribution < -0.4 is 21.3 Å². The first-order valence-corrected chi connectivity index (χ1v) is 34.6. The van der Waals surface area contributed by atoms with Crippen molar-refractivity contribution in [1.82, 2.24) is 65.4 Å². The number of rotatable bonds is 15. The molecule has 3 saturated heterocycles. The van der Waals surface area contributed by atoms with Gasteiger partial charge in [-0.3, -0.25) is 52.7 Å². The van der Waals surface area contributed by atoms with E-state index in [2.05, 4.69) is 26.2 Å². The molecule has 5 N–H and O–H groups in total. The number of allylic oxidation sites excluding steroid dienone is 2.